The van der Waals surface area contributed by atoms with Crippen molar-refractivity contribution in [2.45, 2.75) is 13.8 Å². The van der Waals surface area contributed by atoms with Gasteiger partial charge >= 0.3 is 0 Å². The summed E-state index contributed by atoms with van der Waals surface area (Å²) in [7, 11) is 0. The summed E-state index contributed by atoms with van der Waals surface area (Å²) in [5, 5.41) is 0. The molecule has 0 heterocycles. The summed E-state index contributed by atoms with van der Waals surface area (Å²) >= 11 is 0. The normalized spacial score (nSPS) is 10.7. The number of rotatable bonds is 11. The zero-order valence-electron chi connectivity index (χ0n) is 36.3. The van der Waals surface area contributed by atoms with Crippen LogP contribution in [0.15, 0.2) is 267 Å². The first-order chi connectivity index (χ1) is 31.7. The van der Waals surface area contributed by atoms with Crippen molar-refractivity contribution in [1.29, 1.82) is 0 Å². The lowest BCUT2D eigenvalue weighted by atomic mass is 10.00. The highest BCUT2D eigenvalue weighted by atomic mass is 15.1. The highest BCUT2D eigenvalue weighted by molar-refractivity contribution is 5.83. The third-order valence-electron chi connectivity index (χ3n) is 11.5. The Morgan fingerprint density at radius 3 is 0.500 bits per heavy atom. The molecule has 0 aromatic heterocycles. The van der Waals surface area contributed by atoms with Crippen molar-refractivity contribution >= 4 is 34.1 Å². The van der Waals surface area contributed by atoms with Crippen molar-refractivity contribution in [3.05, 3.63) is 267 Å². The number of hydrogen-bond donors (Lipinski definition) is 0. The van der Waals surface area contributed by atoms with E-state index in [-0.39, 0.29) is 0 Å². The van der Waals surface area contributed by atoms with Gasteiger partial charge in [-0.2, -0.15) is 0 Å². The summed E-state index contributed by atoms with van der Waals surface area (Å²) in [6, 6.07) is 95.5. The van der Waals surface area contributed by atoms with E-state index in [0.29, 0.717) is 0 Å². The molecule has 0 saturated carbocycles. The minimum absolute atomic E-state index is 1.09. The van der Waals surface area contributed by atoms with E-state index < -0.39 is 0 Å². The molecule has 0 N–H and O–H groups in total. The fourth-order valence-corrected chi connectivity index (χ4v) is 8.23. The van der Waals surface area contributed by atoms with Crippen molar-refractivity contribution in [3.63, 3.8) is 0 Å². The van der Waals surface area contributed by atoms with Gasteiger partial charge < -0.3 is 9.80 Å². The summed E-state index contributed by atoms with van der Waals surface area (Å²) < 4.78 is 0. The van der Waals surface area contributed by atoms with Gasteiger partial charge in [0.25, 0.3) is 0 Å². The van der Waals surface area contributed by atoms with E-state index in [2.05, 4.69) is 277 Å². The number of para-hydroxylation sites is 1. The van der Waals surface area contributed by atoms with Gasteiger partial charge in [0.15, 0.2) is 0 Å². The zero-order valence-corrected chi connectivity index (χ0v) is 36.3. The SMILES string of the molecule is CC.c1ccc(-c2ccc(-c3ccc(N(c4ccccc4)c4ccc(-c5ccc(N(c6ccc(-c7ccccc7)cc6)c6ccc(-c7ccccc7)cc6)cc5)cc4)cc3)cc2)cc1. The Labute approximate surface area is 378 Å². The summed E-state index contributed by atoms with van der Waals surface area (Å²) in [5.74, 6) is 0. The van der Waals surface area contributed by atoms with E-state index in [4.69, 9.17) is 0 Å². The van der Waals surface area contributed by atoms with Gasteiger partial charge in [0.2, 0.25) is 0 Å². The fourth-order valence-electron chi connectivity index (χ4n) is 8.23. The van der Waals surface area contributed by atoms with Crippen LogP contribution >= 0.6 is 0 Å². The van der Waals surface area contributed by atoms with Crippen LogP contribution in [0, 0.1) is 0 Å². The van der Waals surface area contributed by atoms with E-state index in [1.165, 1.54) is 44.5 Å². The zero-order chi connectivity index (χ0) is 43.5. The van der Waals surface area contributed by atoms with Crippen LogP contribution < -0.4 is 9.80 Å². The summed E-state index contributed by atoms with van der Waals surface area (Å²) in [5.41, 5.74) is 18.6. The van der Waals surface area contributed by atoms with Gasteiger partial charge in [0.05, 0.1) is 0 Å². The first-order valence-corrected chi connectivity index (χ1v) is 22.2. The van der Waals surface area contributed by atoms with Gasteiger partial charge in [0, 0.05) is 34.1 Å². The Balaban J connectivity index is 0.00000256. The maximum absolute atomic E-state index is 2.33. The van der Waals surface area contributed by atoms with Crippen LogP contribution in [0.25, 0.3) is 55.6 Å². The third-order valence-corrected chi connectivity index (χ3v) is 11.5. The van der Waals surface area contributed by atoms with Gasteiger partial charge in [-0.1, -0.05) is 208 Å². The van der Waals surface area contributed by atoms with E-state index in [9.17, 15) is 0 Å². The molecule has 0 atom stereocenters. The average Bonchev–Trinajstić information content (AvgIpc) is 3.39. The van der Waals surface area contributed by atoms with Gasteiger partial charge in [0.1, 0.15) is 0 Å². The van der Waals surface area contributed by atoms with Crippen LogP contribution in [0.1, 0.15) is 13.8 Å². The second-order valence-electron chi connectivity index (χ2n) is 15.4. The first-order valence-electron chi connectivity index (χ1n) is 22.2. The largest absolute Gasteiger partial charge is 0.311 e. The van der Waals surface area contributed by atoms with Gasteiger partial charge in [-0.3, -0.25) is 0 Å². The van der Waals surface area contributed by atoms with Crippen LogP contribution in [-0.4, -0.2) is 0 Å². The summed E-state index contributed by atoms with van der Waals surface area (Å²) in [6.07, 6.45) is 0. The molecular weight excluding hydrogens is 773 g/mol. The molecule has 0 aliphatic heterocycles. The van der Waals surface area contributed by atoms with E-state index >= 15 is 0 Å². The lowest BCUT2D eigenvalue weighted by molar-refractivity contribution is 1.28. The van der Waals surface area contributed by atoms with Crippen LogP contribution in [0.4, 0.5) is 34.1 Å². The Kier molecular flexibility index (Phi) is 12.7. The topological polar surface area (TPSA) is 6.48 Å². The lowest BCUT2D eigenvalue weighted by Gasteiger charge is -2.26. The molecule has 0 amide bonds. The minimum atomic E-state index is 1.09. The quantitative estimate of drug-likeness (QED) is 0.128. The molecule has 0 fully saturated rings. The van der Waals surface area contributed by atoms with Crippen molar-refractivity contribution in [1.82, 2.24) is 0 Å². The maximum Gasteiger partial charge on any atom is 0.0462 e. The van der Waals surface area contributed by atoms with Crippen molar-refractivity contribution in [3.8, 4) is 55.6 Å². The molecule has 10 rings (SSSR count). The highest BCUT2D eigenvalue weighted by Gasteiger charge is 2.16. The van der Waals surface area contributed by atoms with E-state index in [1.54, 1.807) is 0 Å². The van der Waals surface area contributed by atoms with Crippen molar-refractivity contribution in [2.24, 2.45) is 0 Å². The monoisotopic (exact) mass is 822 g/mol. The molecule has 2 nitrogen and oxygen atoms in total. The van der Waals surface area contributed by atoms with Crippen molar-refractivity contribution < 1.29 is 0 Å². The predicted molar refractivity (Wildman–Crippen MR) is 274 cm³/mol. The van der Waals surface area contributed by atoms with Crippen molar-refractivity contribution in [2.75, 3.05) is 9.80 Å². The number of benzene rings is 10. The molecule has 0 aliphatic carbocycles. The Morgan fingerprint density at radius 2 is 0.297 bits per heavy atom. The van der Waals surface area contributed by atoms with Crippen LogP contribution in [0.2, 0.25) is 0 Å². The van der Waals surface area contributed by atoms with Crippen LogP contribution in [-0.2, 0) is 0 Å². The number of anilines is 6. The van der Waals surface area contributed by atoms with Crippen LogP contribution in [0.3, 0.4) is 0 Å². The average molecular weight is 823 g/mol. The molecule has 0 aliphatic rings. The molecule has 2 heteroatoms. The van der Waals surface area contributed by atoms with E-state index in [1.807, 2.05) is 13.8 Å². The van der Waals surface area contributed by atoms with Crippen LogP contribution in [0.5, 0.6) is 0 Å². The van der Waals surface area contributed by atoms with Gasteiger partial charge in [-0.15, -0.1) is 0 Å². The Morgan fingerprint density at radius 1 is 0.156 bits per heavy atom. The van der Waals surface area contributed by atoms with E-state index in [0.717, 1.165) is 45.3 Å². The van der Waals surface area contributed by atoms with Gasteiger partial charge in [-0.25, -0.2) is 0 Å². The lowest BCUT2D eigenvalue weighted by Crippen LogP contribution is -2.10. The molecule has 0 unspecified atom stereocenters. The second kappa shape index (κ2) is 19.7. The molecule has 0 spiro atoms. The molecule has 64 heavy (non-hydrogen) atoms. The second-order valence-corrected chi connectivity index (χ2v) is 15.4. The van der Waals surface area contributed by atoms with Gasteiger partial charge in [-0.05, 0) is 128 Å². The fraction of sp³-hybridized carbons (Fsp3) is 0.0323. The predicted octanol–water partition coefficient (Wildman–Crippen LogP) is 18.0. The first kappa shape index (κ1) is 41.2. The third kappa shape index (κ3) is 9.18. The molecule has 10 aromatic rings. The highest BCUT2D eigenvalue weighted by Crippen LogP contribution is 2.40. The molecule has 308 valence electrons. The maximum atomic E-state index is 2.33. The smallest absolute Gasteiger partial charge is 0.0462 e. The molecule has 0 saturated heterocycles. The Hall–Kier alpha value is -8.20. The molecular formula is C62H50N2. The molecule has 0 bridgehead atoms. The molecule has 10 aromatic carbocycles. The number of nitrogens with zero attached hydrogens (tertiary/aromatic N) is 2. The minimum Gasteiger partial charge on any atom is -0.311 e. The Bertz CT molecular complexity index is 2880. The number of hydrogen-bond acceptors (Lipinski definition) is 2. The summed E-state index contributed by atoms with van der Waals surface area (Å²) in [6.45, 7) is 4.00. The molecule has 0 radical (unpaired) electrons. The summed E-state index contributed by atoms with van der Waals surface area (Å²) in [4.78, 5) is 4.65. The standard InChI is InChI=1S/C60H44N2.C2H6/c1-5-13-45(14-6-1)48-21-23-49(24-22-48)52-29-39-56(40-30-52)61(55-19-11-4-12-20-55)57-41-31-53(32-42-57)54-33-43-60(44-34-54)62(58-35-25-50(26-36-58)46-15-7-2-8-16-46)59-37-27-51(28-38-59)47-17-9-3-10-18-47;1-2/h1-44H;1-2H3.